The molecule has 0 aliphatic heterocycles. The molecule has 0 amide bonds. The lowest BCUT2D eigenvalue weighted by Gasteiger charge is -2.22. The minimum Gasteiger partial charge on any atom is -0.462 e. The molecule has 0 saturated carbocycles. The van der Waals surface area contributed by atoms with Crippen LogP contribution in [0.3, 0.4) is 0 Å². The van der Waals surface area contributed by atoms with E-state index < -0.39 is 0 Å². The van der Waals surface area contributed by atoms with Crippen molar-refractivity contribution in [3.05, 3.63) is 96.3 Å². The molecule has 172 valence electrons. The van der Waals surface area contributed by atoms with Gasteiger partial charge in [-0.25, -0.2) is 0 Å². The van der Waals surface area contributed by atoms with Gasteiger partial charge in [0.25, 0.3) is 0 Å². The Labute approximate surface area is 202 Å². The number of anilines is 2. The summed E-state index contributed by atoms with van der Waals surface area (Å²) in [6.07, 6.45) is 1.83. The number of benzene rings is 4. The average Bonchev–Trinajstić information content (AvgIpc) is 3.20. The van der Waals surface area contributed by atoms with Gasteiger partial charge in [0, 0.05) is 16.6 Å². The molecule has 1 heterocycles. The van der Waals surface area contributed by atoms with E-state index in [1.54, 1.807) is 0 Å². The lowest BCUT2D eigenvalue weighted by Crippen LogP contribution is -2.11. The van der Waals surface area contributed by atoms with E-state index >= 15 is 0 Å². The lowest BCUT2D eigenvalue weighted by atomic mass is 9.84. The van der Waals surface area contributed by atoms with Gasteiger partial charge in [-0.05, 0) is 62.6 Å². The Morgan fingerprint density at radius 3 is 2.03 bits per heavy atom. The molecule has 0 unspecified atom stereocenters. The largest absolute Gasteiger partial charge is 0.462 e. The maximum Gasteiger partial charge on any atom is 0.136 e. The molecule has 0 bridgehead atoms. The first kappa shape index (κ1) is 22.3. The molecule has 1 N–H and O–H groups in total. The lowest BCUT2D eigenvalue weighted by molar-refractivity contribution is 0.589. The van der Waals surface area contributed by atoms with E-state index in [1.807, 2.05) is 6.26 Å². The molecular weight excluding hydrogens is 414 g/mol. The second kappa shape index (κ2) is 8.06. The number of rotatable bonds is 3. The van der Waals surface area contributed by atoms with Crippen LogP contribution in [0.25, 0.3) is 32.9 Å². The molecule has 2 nitrogen and oxygen atoms in total. The summed E-state index contributed by atoms with van der Waals surface area (Å²) >= 11 is 0. The molecule has 4 aromatic carbocycles. The smallest absolute Gasteiger partial charge is 0.136 e. The summed E-state index contributed by atoms with van der Waals surface area (Å²) in [5, 5.41) is 7.33. The van der Waals surface area contributed by atoms with Crippen LogP contribution in [0.15, 0.2) is 89.5 Å². The van der Waals surface area contributed by atoms with Crippen molar-refractivity contribution in [2.45, 2.75) is 52.4 Å². The highest BCUT2D eigenvalue weighted by Crippen LogP contribution is 2.40. The zero-order chi connectivity index (χ0) is 24.1. The van der Waals surface area contributed by atoms with Gasteiger partial charge >= 0.3 is 0 Å². The third-order valence-electron chi connectivity index (χ3n) is 6.67. The molecule has 0 spiro atoms. The SMILES string of the molecule is CC(C)(C)c1ccc(Nc2coc3ccc(C(C)(C)C)cc23)c(-c2cccc3ccccc23)c1. The highest BCUT2D eigenvalue weighted by Gasteiger charge is 2.19. The van der Waals surface area contributed by atoms with E-state index in [2.05, 4.69) is 126 Å². The molecular formula is C32H33NO. The Bertz CT molecular complexity index is 1490. The number of nitrogens with one attached hydrogen (secondary N) is 1. The van der Waals surface area contributed by atoms with E-state index in [1.165, 1.54) is 33.0 Å². The third kappa shape index (κ3) is 4.09. The summed E-state index contributed by atoms with van der Waals surface area (Å²) in [6.45, 7) is 13.5. The van der Waals surface area contributed by atoms with Gasteiger partial charge in [-0.2, -0.15) is 0 Å². The van der Waals surface area contributed by atoms with Crippen LogP contribution >= 0.6 is 0 Å². The monoisotopic (exact) mass is 447 g/mol. The fourth-order valence-corrected chi connectivity index (χ4v) is 4.54. The standard InChI is InChI=1S/C32H33NO/c1-31(2,3)22-14-16-28(26(18-22)25-13-9-11-21-10-7-8-12-24(21)25)33-29-20-34-30-17-15-23(19-27(29)30)32(4,5)6/h7-20,33H,1-6H3. The van der Waals surface area contributed by atoms with Gasteiger partial charge in [0.2, 0.25) is 0 Å². The van der Waals surface area contributed by atoms with E-state index in [4.69, 9.17) is 4.42 Å². The molecule has 0 fully saturated rings. The van der Waals surface area contributed by atoms with E-state index in [0.29, 0.717) is 0 Å². The number of hydrogen-bond donors (Lipinski definition) is 1. The van der Waals surface area contributed by atoms with Crippen molar-refractivity contribution in [2.75, 3.05) is 5.32 Å². The first-order chi connectivity index (χ1) is 16.1. The van der Waals surface area contributed by atoms with Crippen molar-refractivity contribution in [1.82, 2.24) is 0 Å². The van der Waals surface area contributed by atoms with Crippen LogP contribution in [0, 0.1) is 0 Å². The molecule has 5 aromatic rings. The molecule has 0 saturated heterocycles. The normalized spacial score (nSPS) is 12.4. The predicted molar refractivity (Wildman–Crippen MR) is 146 cm³/mol. The molecule has 34 heavy (non-hydrogen) atoms. The highest BCUT2D eigenvalue weighted by molar-refractivity contribution is 6.01. The summed E-state index contributed by atoms with van der Waals surface area (Å²) in [7, 11) is 0. The van der Waals surface area contributed by atoms with Crippen LogP contribution in [0.5, 0.6) is 0 Å². The van der Waals surface area contributed by atoms with Gasteiger partial charge in [0.15, 0.2) is 0 Å². The second-order valence-corrected chi connectivity index (χ2v) is 11.3. The highest BCUT2D eigenvalue weighted by atomic mass is 16.3. The van der Waals surface area contributed by atoms with Crippen molar-refractivity contribution < 1.29 is 4.42 Å². The Balaban J connectivity index is 1.68. The van der Waals surface area contributed by atoms with Crippen molar-refractivity contribution in [3.8, 4) is 11.1 Å². The molecule has 0 aliphatic rings. The zero-order valence-electron chi connectivity index (χ0n) is 21.0. The summed E-state index contributed by atoms with van der Waals surface area (Å²) in [6, 6.07) is 28.4. The van der Waals surface area contributed by atoms with E-state index in [9.17, 15) is 0 Å². The third-order valence-corrected chi connectivity index (χ3v) is 6.67. The Morgan fingerprint density at radius 2 is 1.26 bits per heavy atom. The molecule has 5 rings (SSSR count). The van der Waals surface area contributed by atoms with Crippen molar-refractivity contribution in [3.63, 3.8) is 0 Å². The van der Waals surface area contributed by atoms with Gasteiger partial charge in [-0.1, -0.05) is 96.1 Å². The van der Waals surface area contributed by atoms with Crippen molar-refractivity contribution >= 4 is 33.1 Å². The van der Waals surface area contributed by atoms with Crippen LogP contribution in [0.4, 0.5) is 11.4 Å². The molecule has 0 aliphatic carbocycles. The number of hydrogen-bond acceptors (Lipinski definition) is 2. The van der Waals surface area contributed by atoms with E-state index in [0.717, 1.165) is 22.3 Å². The van der Waals surface area contributed by atoms with Gasteiger partial charge in [0.1, 0.15) is 11.8 Å². The van der Waals surface area contributed by atoms with Crippen LogP contribution in [0.2, 0.25) is 0 Å². The topological polar surface area (TPSA) is 25.2 Å². The first-order valence-corrected chi connectivity index (χ1v) is 12.0. The summed E-state index contributed by atoms with van der Waals surface area (Å²) < 4.78 is 5.92. The maximum atomic E-state index is 5.92. The molecule has 1 aromatic heterocycles. The first-order valence-electron chi connectivity index (χ1n) is 12.0. The Kier molecular flexibility index (Phi) is 5.28. The van der Waals surface area contributed by atoms with Crippen molar-refractivity contribution in [1.29, 1.82) is 0 Å². The van der Waals surface area contributed by atoms with Crippen LogP contribution < -0.4 is 5.32 Å². The fraction of sp³-hybridized carbons (Fsp3) is 0.250. The van der Waals surface area contributed by atoms with Gasteiger partial charge in [-0.15, -0.1) is 0 Å². The second-order valence-electron chi connectivity index (χ2n) is 11.3. The summed E-state index contributed by atoms with van der Waals surface area (Å²) in [5.74, 6) is 0. The minimum atomic E-state index is 0.0574. The summed E-state index contributed by atoms with van der Waals surface area (Å²) in [4.78, 5) is 0. The summed E-state index contributed by atoms with van der Waals surface area (Å²) in [5.41, 5.74) is 8.13. The van der Waals surface area contributed by atoms with Gasteiger partial charge in [-0.3, -0.25) is 0 Å². The fourth-order valence-electron chi connectivity index (χ4n) is 4.54. The van der Waals surface area contributed by atoms with Crippen LogP contribution in [-0.4, -0.2) is 0 Å². The van der Waals surface area contributed by atoms with Gasteiger partial charge in [0.05, 0.1) is 5.69 Å². The average molecular weight is 448 g/mol. The predicted octanol–water partition coefficient (Wildman–Crippen LogP) is 9.59. The van der Waals surface area contributed by atoms with Crippen LogP contribution in [0.1, 0.15) is 52.7 Å². The minimum absolute atomic E-state index is 0.0574. The number of fused-ring (bicyclic) bond motifs is 2. The number of furan rings is 1. The molecule has 2 heteroatoms. The van der Waals surface area contributed by atoms with Gasteiger partial charge < -0.3 is 9.73 Å². The van der Waals surface area contributed by atoms with E-state index in [-0.39, 0.29) is 10.8 Å². The Morgan fingerprint density at radius 1 is 0.588 bits per heavy atom. The molecule has 0 radical (unpaired) electrons. The Hall–Kier alpha value is -3.52. The maximum absolute atomic E-state index is 5.92. The zero-order valence-corrected chi connectivity index (χ0v) is 21.0. The van der Waals surface area contributed by atoms with Crippen LogP contribution in [-0.2, 0) is 10.8 Å². The van der Waals surface area contributed by atoms with Crippen molar-refractivity contribution in [2.24, 2.45) is 0 Å². The molecule has 0 atom stereocenters. The quantitative estimate of drug-likeness (QED) is 0.298.